The van der Waals surface area contributed by atoms with Gasteiger partial charge in [-0.3, -0.25) is 0 Å². The van der Waals surface area contributed by atoms with Gasteiger partial charge in [0.1, 0.15) is 0 Å². The lowest BCUT2D eigenvalue weighted by atomic mass is 9.88. The zero-order valence-corrected chi connectivity index (χ0v) is 31.9. The lowest BCUT2D eigenvalue weighted by Crippen LogP contribution is -2.00. The highest BCUT2D eigenvalue weighted by Gasteiger charge is 2.13. The fourth-order valence-electron chi connectivity index (χ4n) is 6.25. The van der Waals surface area contributed by atoms with E-state index < -0.39 is 0 Å². The minimum atomic E-state index is 0.535. The maximum absolute atomic E-state index is 2.25. The maximum atomic E-state index is 2.25. The molecular formula is C50H62. The Morgan fingerprint density at radius 1 is 0.280 bits per heavy atom. The molecule has 0 heteroatoms. The van der Waals surface area contributed by atoms with Crippen LogP contribution in [-0.2, 0) is 0 Å². The monoisotopic (exact) mass is 662 g/mol. The van der Waals surface area contributed by atoms with Crippen molar-refractivity contribution in [1.29, 1.82) is 0 Å². The molecule has 0 aliphatic rings. The zero-order chi connectivity index (χ0) is 36.2. The maximum Gasteiger partial charge on any atom is 0.00892 e. The van der Waals surface area contributed by atoms with Crippen molar-refractivity contribution in [2.75, 3.05) is 0 Å². The van der Waals surface area contributed by atoms with Crippen LogP contribution in [0.3, 0.4) is 0 Å². The molecule has 0 fully saturated rings. The molecule has 0 nitrogen and oxygen atoms in total. The topological polar surface area (TPSA) is 0 Å². The summed E-state index contributed by atoms with van der Waals surface area (Å²) in [6, 6.07) is 64.4. The highest BCUT2D eigenvalue weighted by molar-refractivity contribution is 5.34. The Morgan fingerprint density at radius 3 is 0.620 bits per heavy atom. The van der Waals surface area contributed by atoms with E-state index >= 15 is 0 Å². The first-order valence-electron chi connectivity index (χ1n) is 19.0. The van der Waals surface area contributed by atoms with Crippen LogP contribution < -0.4 is 0 Å². The van der Waals surface area contributed by atoms with Crippen molar-refractivity contribution < 1.29 is 0 Å². The van der Waals surface area contributed by atoms with Gasteiger partial charge in [-0.15, -0.1) is 0 Å². The van der Waals surface area contributed by atoms with Crippen molar-refractivity contribution in [3.63, 3.8) is 0 Å². The van der Waals surface area contributed by atoms with Crippen LogP contribution in [0.15, 0.2) is 182 Å². The van der Waals surface area contributed by atoms with Gasteiger partial charge < -0.3 is 0 Å². The van der Waals surface area contributed by atoms with E-state index in [1.54, 1.807) is 0 Å². The van der Waals surface area contributed by atoms with Crippen LogP contribution >= 0.6 is 0 Å². The molecule has 50 heavy (non-hydrogen) atoms. The predicted octanol–water partition coefficient (Wildman–Crippen LogP) is 15.1. The second-order valence-corrected chi connectivity index (χ2v) is 11.7. The highest BCUT2D eigenvalue weighted by Crippen LogP contribution is 2.29. The van der Waals surface area contributed by atoms with E-state index in [0.717, 1.165) is 12.8 Å². The Kier molecular flexibility index (Phi) is 21.8. The third-order valence-corrected chi connectivity index (χ3v) is 8.61. The van der Waals surface area contributed by atoms with Crippen molar-refractivity contribution in [1.82, 2.24) is 0 Å². The Labute approximate surface area is 306 Å². The van der Waals surface area contributed by atoms with E-state index in [1.807, 2.05) is 27.7 Å². The molecule has 0 amide bonds. The van der Waals surface area contributed by atoms with Crippen molar-refractivity contribution in [2.24, 2.45) is 0 Å². The Balaban J connectivity index is 0.000000248. The smallest absolute Gasteiger partial charge is 0.00892 e. The van der Waals surface area contributed by atoms with Crippen LogP contribution in [-0.4, -0.2) is 0 Å². The predicted molar refractivity (Wildman–Crippen MR) is 222 cm³/mol. The zero-order valence-electron chi connectivity index (χ0n) is 31.9. The second-order valence-electron chi connectivity index (χ2n) is 11.7. The van der Waals surface area contributed by atoms with Gasteiger partial charge in [0.15, 0.2) is 0 Å². The lowest BCUT2D eigenvalue weighted by molar-refractivity contribution is 0.698. The third-order valence-electron chi connectivity index (χ3n) is 8.61. The van der Waals surface area contributed by atoms with Gasteiger partial charge in [-0.05, 0) is 52.6 Å². The summed E-state index contributed by atoms with van der Waals surface area (Å²) in [5.41, 5.74) is 8.49. The van der Waals surface area contributed by atoms with Gasteiger partial charge in [0.05, 0.1) is 0 Å². The molecule has 0 N–H and O–H groups in total. The summed E-state index contributed by atoms with van der Waals surface area (Å²) >= 11 is 0. The molecule has 0 atom stereocenters. The normalized spacial score (nSPS) is 9.96. The van der Waals surface area contributed by atoms with Gasteiger partial charge in [0.25, 0.3) is 0 Å². The van der Waals surface area contributed by atoms with E-state index in [1.165, 1.54) is 46.2 Å². The van der Waals surface area contributed by atoms with Crippen LogP contribution in [0.2, 0.25) is 0 Å². The van der Waals surface area contributed by atoms with Crippen molar-refractivity contribution in [3.8, 4) is 0 Å². The van der Waals surface area contributed by atoms with Gasteiger partial charge in [0.2, 0.25) is 0 Å². The summed E-state index contributed by atoms with van der Waals surface area (Å²) in [5.74, 6) is 1.62. The number of hydrogen-bond donors (Lipinski definition) is 0. The van der Waals surface area contributed by atoms with Crippen LogP contribution in [0, 0.1) is 0 Å². The molecule has 0 spiro atoms. The summed E-state index contributed by atoms with van der Waals surface area (Å²) in [6.07, 6.45) is 4.73. The Hall–Kier alpha value is -4.68. The van der Waals surface area contributed by atoms with E-state index in [0.29, 0.717) is 17.8 Å². The molecule has 0 heterocycles. The summed E-state index contributed by atoms with van der Waals surface area (Å²) in [4.78, 5) is 0. The minimum absolute atomic E-state index is 0.535. The van der Waals surface area contributed by atoms with Gasteiger partial charge in [-0.25, -0.2) is 0 Å². The van der Waals surface area contributed by atoms with Gasteiger partial charge >= 0.3 is 0 Å². The second kappa shape index (κ2) is 26.2. The molecule has 0 aromatic heterocycles. The fraction of sp³-hybridized carbons (Fsp3) is 0.280. The SMILES string of the molecule is CC.CC.CCC(c1ccccc1)c1ccccc1.CCC(c1ccccc1)c1ccccc1.CCCC(c1ccccc1)c1ccccc1. The first-order valence-corrected chi connectivity index (χ1v) is 19.0. The minimum Gasteiger partial charge on any atom is -0.0683 e. The van der Waals surface area contributed by atoms with Crippen LogP contribution in [0.25, 0.3) is 0 Å². The summed E-state index contributed by atoms with van der Waals surface area (Å²) in [5, 5.41) is 0. The average molecular weight is 663 g/mol. The lowest BCUT2D eigenvalue weighted by Gasteiger charge is -2.17. The van der Waals surface area contributed by atoms with Crippen LogP contribution in [0.4, 0.5) is 0 Å². The summed E-state index contributed by atoms with van der Waals surface area (Å²) in [7, 11) is 0. The van der Waals surface area contributed by atoms with E-state index in [2.05, 4.69) is 203 Å². The quantitative estimate of drug-likeness (QED) is 0.137. The molecule has 0 aliphatic heterocycles. The molecule has 0 bridgehead atoms. The molecule has 6 aromatic carbocycles. The molecule has 0 saturated heterocycles. The summed E-state index contributed by atoms with van der Waals surface area (Å²) in [6.45, 7) is 14.7. The largest absolute Gasteiger partial charge is 0.0683 e. The Morgan fingerprint density at radius 2 is 0.460 bits per heavy atom. The molecule has 6 rings (SSSR count). The van der Waals surface area contributed by atoms with E-state index in [-0.39, 0.29) is 0 Å². The first kappa shape index (κ1) is 41.5. The van der Waals surface area contributed by atoms with Crippen molar-refractivity contribution in [2.45, 2.75) is 91.9 Å². The number of rotatable bonds is 10. The number of benzene rings is 6. The van der Waals surface area contributed by atoms with Gasteiger partial charge in [0, 0.05) is 17.8 Å². The van der Waals surface area contributed by atoms with E-state index in [4.69, 9.17) is 0 Å². The van der Waals surface area contributed by atoms with E-state index in [9.17, 15) is 0 Å². The molecule has 262 valence electrons. The number of hydrogen-bond acceptors (Lipinski definition) is 0. The first-order chi connectivity index (χ1) is 24.7. The summed E-state index contributed by atoms with van der Waals surface area (Å²) < 4.78 is 0. The third kappa shape index (κ3) is 14.0. The molecular weight excluding hydrogens is 601 g/mol. The molecule has 6 aromatic rings. The van der Waals surface area contributed by atoms with Crippen LogP contribution in [0.1, 0.15) is 125 Å². The molecule has 0 aliphatic carbocycles. The van der Waals surface area contributed by atoms with Crippen molar-refractivity contribution in [3.05, 3.63) is 215 Å². The molecule has 0 unspecified atom stereocenters. The van der Waals surface area contributed by atoms with Crippen molar-refractivity contribution >= 4 is 0 Å². The molecule has 0 saturated carbocycles. The standard InChI is InChI=1S/C16H18.2C15H16.2C2H6/c1-2-9-16(14-10-5-3-6-11-14)15-12-7-4-8-13-15;2*1-2-15(13-9-5-3-6-10-13)14-11-7-4-8-12-14;2*1-2/h3-8,10-13,16H,2,9H2,1H3;2*3-12,15H,2H2,1H3;2*1-2H3. The Bertz CT molecular complexity index is 1380. The van der Waals surface area contributed by atoms with Crippen LogP contribution in [0.5, 0.6) is 0 Å². The van der Waals surface area contributed by atoms with Gasteiger partial charge in [-0.2, -0.15) is 0 Å². The average Bonchev–Trinajstić information content (AvgIpc) is 3.22. The molecule has 0 radical (unpaired) electrons. The fourth-order valence-corrected chi connectivity index (χ4v) is 6.25. The highest BCUT2D eigenvalue weighted by atomic mass is 14.2. The van der Waals surface area contributed by atoms with Gasteiger partial charge in [-0.1, -0.05) is 237 Å².